The maximum atomic E-state index is 14.3. The minimum atomic E-state index is -3.67. The Bertz CT molecular complexity index is 1020. The molecule has 8 nitrogen and oxygen atoms in total. The number of nitrogens with zero attached hydrogens (tertiary/aromatic N) is 3. The number of hydrogen-bond donors (Lipinski definition) is 3. The van der Waals surface area contributed by atoms with E-state index in [1.807, 2.05) is 13.8 Å². The summed E-state index contributed by atoms with van der Waals surface area (Å²) >= 11 is 5.61. The van der Waals surface area contributed by atoms with E-state index in [4.69, 9.17) is 11.6 Å². The van der Waals surface area contributed by atoms with E-state index in [0.29, 0.717) is 6.42 Å². The van der Waals surface area contributed by atoms with E-state index < -0.39 is 27.6 Å². The minimum absolute atomic E-state index is 0.0609. The first-order valence-electron chi connectivity index (χ1n) is 9.62. The van der Waals surface area contributed by atoms with Crippen LogP contribution in [0.1, 0.15) is 44.5 Å². The summed E-state index contributed by atoms with van der Waals surface area (Å²) in [6, 6.07) is 1.56. The predicted octanol–water partition coefficient (Wildman–Crippen LogP) is 3.34. The molecule has 1 heterocycles. The molecular formula is C19H26ClF2N5O3S. The summed E-state index contributed by atoms with van der Waals surface area (Å²) in [5.41, 5.74) is 0.0856. The number of nitrogens with one attached hydrogen (secondary N) is 2. The molecule has 0 unspecified atom stereocenters. The van der Waals surface area contributed by atoms with Gasteiger partial charge in [-0.2, -0.15) is 15.0 Å². The quantitative estimate of drug-likeness (QED) is 0.449. The highest BCUT2D eigenvalue weighted by molar-refractivity contribution is 7.91. The first-order valence-corrected chi connectivity index (χ1v) is 11.9. The van der Waals surface area contributed by atoms with Gasteiger partial charge in [-0.25, -0.2) is 17.2 Å². The van der Waals surface area contributed by atoms with Crippen molar-refractivity contribution in [2.75, 3.05) is 22.9 Å². The molecule has 2 aromatic rings. The maximum absolute atomic E-state index is 14.3. The van der Waals surface area contributed by atoms with Crippen LogP contribution in [0, 0.1) is 17.6 Å². The van der Waals surface area contributed by atoms with E-state index in [0.717, 1.165) is 18.4 Å². The van der Waals surface area contributed by atoms with Crippen LogP contribution in [0.25, 0.3) is 0 Å². The summed E-state index contributed by atoms with van der Waals surface area (Å²) in [6.45, 7) is 5.45. The molecule has 0 aliphatic rings. The average Bonchev–Trinajstić information content (AvgIpc) is 2.62. The lowest BCUT2D eigenvalue weighted by Crippen LogP contribution is -2.27. The fraction of sp³-hybridized carbons (Fsp3) is 0.526. The smallest absolute Gasteiger partial charge is 0.241 e. The number of hydrogen-bond acceptors (Lipinski definition) is 7. The van der Waals surface area contributed by atoms with Crippen molar-refractivity contribution in [2.24, 2.45) is 5.92 Å². The molecule has 0 saturated carbocycles. The molecule has 0 fully saturated rings. The lowest BCUT2D eigenvalue weighted by molar-refractivity contribution is 0.259. The zero-order valence-corrected chi connectivity index (χ0v) is 19.2. The van der Waals surface area contributed by atoms with Crippen LogP contribution >= 0.6 is 11.6 Å². The van der Waals surface area contributed by atoms with Crippen molar-refractivity contribution < 1.29 is 22.3 Å². The number of aromatic nitrogens is 3. The van der Waals surface area contributed by atoms with Crippen LogP contribution in [0.15, 0.2) is 12.1 Å². The lowest BCUT2D eigenvalue weighted by atomic mass is 9.97. The number of aliphatic hydroxyl groups excluding tert-OH is 1. The monoisotopic (exact) mass is 477 g/mol. The molecule has 2 rings (SSSR count). The SMILES string of the molecule is CC(C)C[C@H](CO)Nc1nc(C[C@H](C)c2cc(F)c(Cl)cc2F)nc(NS(C)(=O)=O)n1. The Morgan fingerprint density at radius 3 is 2.32 bits per heavy atom. The third kappa shape index (κ3) is 7.82. The van der Waals surface area contributed by atoms with E-state index in [2.05, 4.69) is 25.0 Å². The Hall–Kier alpha value is -2.11. The lowest BCUT2D eigenvalue weighted by Gasteiger charge is -2.19. The topological polar surface area (TPSA) is 117 Å². The largest absolute Gasteiger partial charge is 0.394 e. The second-order valence-electron chi connectivity index (χ2n) is 7.82. The van der Waals surface area contributed by atoms with E-state index in [1.54, 1.807) is 6.92 Å². The van der Waals surface area contributed by atoms with Crippen molar-refractivity contribution in [1.29, 1.82) is 0 Å². The number of halogens is 3. The molecule has 1 aromatic carbocycles. The van der Waals surface area contributed by atoms with Gasteiger partial charge in [0.1, 0.15) is 17.5 Å². The molecular weight excluding hydrogens is 452 g/mol. The Labute approximate surface area is 185 Å². The molecule has 0 spiro atoms. The number of aliphatic hydroxyl groups is 1. The van der Waals surface area contributed by atoms with Crippen LogP contribution < -0.4 is 10.0 Å². The number of benzene rings is 1. The fourth-order valence-electron chi connectivity index (χ4n) is 3.02. The Morgan fingerprint density at radius 2 is 1.74 bits per heavy atom. The van der Waals surface area contributed by atoms with Gasteiger partial charge in [-0.15, -0.1) is 0 Å². The molecule has 172 valence electrons. The van der Waals surface area contributed by atoms with Gasteiger partial charge in [0.15, 0.2) is 0 Å². The Kier molecular flexibility index (Phi) is 8.49. The molecule has 2 atom stereocenters. The van der Waals surface area contributed by atoms with Crippen LogP contribution in [0.4, 0.5) is 20.7 Å². The zero-order chi connectivity index (χ0) is 23.3. The average molecular weight is 478 g/mol. The number of anilines is 2. The van der Waals surface area contributed by atoms with Gasteiger partial charge in [0.25, 0.3) is 0 Å². The third-order valence-corrected chi connectivity index (χ3v) is 5.17. The molecule has 0 radical (unpaired) electrons. The predicted molar refractivity (Wildman–Crippen MR) is 116 cm³/mol. The van der Waals surface area contributed by atoms with E-state index >= 15 is 0 Å². The van der Waals surface area contributed by atoms with Gasteiger partial charge in [-0.05, 0) is 36.0 Å². The van der Waals surface area contributed by atoms with Gasteiger partial charge in [-0.3, -0.25) is 4.72 Å². The highest BCUT2D eigenvalue weighted by Crippen LogP contribution is 2.27. The summed E-state index contributed by atoms with van der Waals surface area (Å²) in [5, 5.41) is 12.3. The van der Waals surface area contributed by atoms with Gasteiger partial charge in [0.05, 0.1) is 23.9 Å². The molecule has 0 saturated heterocycles. The van der Waals surface area contributed by atoms with Gasteiger partial charge in [0, 0.05) is 6.42 Å². The molecule has 3 N–H and O–H groups in total. The van der Waals surface area contributed by atoms with E-state index in [1.165, 1.54) is 0 Å². The third-order valence-electron chi connectivity index (χ3n) is 4.33. The molecule has 1 aromatic heterocycles. The van der Waals surface area contributed by atoms with Crippen LogP contribution in [-0.4, -0.2) is 47.4 Å². The van der Waals surface area contributed by atoms with Crippen molar-refractivity contribution in [3.8, 4) is 0 Å². The van der Waals surface area contributed by atoms with Crippen molar-refractivity contribution in [1.82, 2.24) is 15.0 Å². The summed E-state index contributed by atoms with van der Waals surface area (Å²) in [7, 11) is -3.67. The minimum Gasteiger partial charge on any atom is -0.394 e. The highest BCUT2D eigenvalue weighted by atomic mass is 35.5. The first kappa shape index (κ1) is 25.2. The first-order chi connectivity index (χ1) is 14.4. The number of sulfonamides is 1. The van der Waals surface area contributed by atoms with Gasteiger partial charge in [-0.1, -0.05) is 32.4 Å². The molecule has 12 heteroatoms. The second kappa shape index (κ2) is 10.5. The summed E-state index contributed by atoms with van der Waals surface area (Å²) in [6.07, 6.45) is 1.65. The van der Waals surface area contributed by atoms with Crippen molar-refractivity contribution in [2.45, 2.75) is 45.6 Å². The summed E-state index contributed by atoms with van der Waals surface area (Å²) < 4.78 is 53.5. The van der Waals surface area contributed by atoms with Crippen LogP contribution in [0.5, 0.6) is 0 Å². The van der Waals surface area contributed by atoms with Crippen LogP contribution in [0.2, 0.25) is 5.02 Å². The van der Waals surface area contributed by atoms with E-state index in [-0.39, 0.29) is 53.3 Å². The van der Waals surface area contributed by atoms with Gasteiger partial charge >= 0.3 is 0 Å². The summed E-state index contributed by atoms with van der Waals surface area (Å²) in [4.78, 5) is 12.4. The molecule has 0 aliphatic carbocycles. The number of rotatable bonds is 10. The van der Waals surface area contributed by atoms with Crippen molar-refractivity contribution >= 4 is 33.5 Å². The fourth-order valence-corrected chi connectivity index (χ4v) is 3.59. The standard InChI is InChI=1S/C19H26ClF2N5O3S/c1-10(2)5-12(9-28)23-18-24-17(25-19(26-18)27-31(4,29)30)6-11(3)13-7-16(22)14(20)8-15(13)21/h7-8,10-12,28H,5-6,9H2,1-4H3,(H2,23,24,25,26,27)/t11-,12+/m0/s1. The van der Waals surface area contributed by atoms with Crippen molar-refractivity contribution in [3.63, 3.8) is 0 Å². The Morgan fingerprint density at radius 1 is 1.10 bits per heavy atom. The van der Waals surface area contributed by atoms with Gasteiger partial charge < -0.3 is 10.4 Å². The van der Waals surface area contributed by atoms with Crippen LogP contribution in [0.3, 0.4) is 0 Å². The highest BCUT2D eigenvalue weighted by Gasteiger charge is 2.19. The Balaban J connectivity index is 2.36. The van der Waals surface area contributed by atoms with Crippen LogP contribution in [-0.2, 0) is 16.4 Å². The zero-order valence-electron chi connectivity index (χ0n) is 17.7. The molecule has 0 bridgehead atoms. The van der Waals surface area contributed by atoms with Gasteiger partial charge in [0.2, 0.25) is 21.9 Å². The normalized spacial score (nSPS) is 13.8. The summed E-state index contributed by atoms with van der Waals surface area (Å²) in [5.74, 6) is -1.68. The van der Waals surface area contributed by atoms with E-state index in [9.17, 15) is 22.3 Å². The maximum Gasteiger partial charge on any atom is 0.241 e. The molecule has 31 heavy (non-hydrogen) atoms. The second-order valence-corrected chi connectivity index (χ2v) is 9.98. The van der Waals surface area contributed by atoms with Crippen molar-refractivity contribution in [3.05, 3.63) is 40.2 Å². The molecule has 0 aliphatic heterocycles. The molecule has 0 amide bonds.